The van der Waals surface area contributed by atoms with Crippen LogP contribution in [0.1, 0.15) is 10.4 Å². The molecular formula is C17H23F2N3O3. The first kappa shape index (κ1) is 18.0. The smallest absolute Gasteiger partial charge is 0.257 e. The van der Waals surface area contributed by atoms with E-state index in [-0.39, 0.29) is 18.2 Å². The van der Waals surface area contributed by atoms with Crippen LogP contribution in [-0.2, 0) is 0 Å². The van der Waals surface area contributed by atoms with Crippen molar-refractivity contribution in [3.63, 3.8) is 0 Å². The molecule has 2 aliphatic heterocycles. The molecule has 2 fully saturated rings. The predicted molar refractivity (Wildman–Crippen MR) is 87.7 cm³/mol. The fourth-order valence-corrected chi connectivity index (χ4v) is 3.50. The molecule has 0 spiro atoms. The second-order valence-electron chi connectivity index (χ2n) is 6.63. The number of piperazine rings is 1. The molecule has 0 bridgehead atoms. The third kappa shape index (κ3) is 3.47. The van der Waals surface area contributed by atoms with Crippen molar-refractivity contribution in [3.8, 4) is 5.75 Å². The number of halogens is 2. The molecule has 0 saturated carbocycles. The van der Waals surface area contributed by atoms with Crippen molar-refractivity contribution in [2.45, 2.75) is 12.1 Å². The number of carbonyl (C=O) groups is 1. The summed E-state index contributed by atoms with van der Waals surface area (Å²) in [4.78, 5) is 18.4. The topological polar surface area (TPSA) is 56.2 Å². The van der Waals surface area contributed by atoms with Crippen LogP contribution in [0, 0.1) is 11.6 Å². The maximum absolute atomic E-state index is 14.3. The number of rotatable bonds is 3. The SMILES string of the molecule is COc1c(F)ccc(C(=O)N2C[C@H](O)[C@@H](N3CCN(C)CC3)C2)c1F. The van der Waals surface area contributed by atoms with E-state index in [2.05, 4.69) is 9.80 Å². The van der Waals surface area contributed by atoms with Gasteiger partial charge in [0, 0.05) is 39.3 Å². The zero-order valence-corrected chi connectivity index (χ0v) is 14.4. The number of carbonyl (C=O) groups excluding carboxylic acids is 1. The van der Waals surface area contributed by atoms with Gasteiger partial charge in [-0.15, -0.1) is 0 Å². The first-order valence-electron chi connectivity index (χ1n) is 8.34. The van der Waals surface area contributed by atoms with Gasteiger partial charge in [-0.25, -0.2) is 8.78 Å². The number of amides is 1. The highest BCUT2D eigenvalue weighted by atomic mass is 19.1. The van der Waals surface area contributed by atoms with Gasteiger partial charge in [-0.3, -0.25) is 9.69 Å². The van der Waals surface area contributed by atoms with Crippen LogP contribution in [0.2, 0.25) is 0 Å². The van der Waals surface area contributed by atoms with Crippen molar-refractivity contribution >= 4 is 5.91 Å². The summed E-state index contributed by atoms with van der Waals surface area (Å²) in [6.07, 6.45) is -0.683. The molecule has 2 saturated heterocycles. The second-order valence-corrected chi connectivity index (χ2v) is 6.63. The molecule has 25 heavy (non-hydrogen) atoms. The molecule has 1 N–H and O–H groups in total. The van der Waals surface area contributed by atoms with Crippen LogP contribution in [0.5, 0.6) is 5.75 Å². The Morgan fingerprint density at radius 3 is 2.52 bits per heavy atom. The maximum Gasteiger partial charge on any atom is 0.257 e. The van der Waals surface area contributed by atoms with E-state index in [4.69, 9.17) is 4.74 Å². The number of hydrogen-bond acceptors (Lipinski definition) is 5. The molecule has 2 aliphatic rings. The van der Waals surface area contributed by atoms with Crippen molar-refractivity contribution in [2.75, 3.05) is 53.4 Å². The van der Waals surface area contributed by atoms with Gasteiger partial charge < -0.3 is 19.6 Å². The fourth-order valence-electron chi connectivity index (χ4n) is 3.50. The number of ether oxygens (including phenoxy) is 1. The molecule has 6 nitrogen and oxygen atoms in total. The lowest BCUT2D eigenvalue weighted by Gasteiger charge is -2.37. The van der Waals surface area contributed by atoms with Crippen LogP contribution in [0.3, 0.4) is 0 Å². The minimum absolute atomic E-state index is 0.134. The summed E-state index contributed by atoms with van der Waals surface area (Å²) in [5.74, 6) is -2.99. The quantitative estimate of drug-likeness (QED) is 0.851. The third-order valence-electron chi connectivity index (χ3n) is 5.04. The summed E-state index contributed by atoms with van der Waals surface area (Å²) >= 11 is 0. The average Bonchev–Trinajstić information content (AvgIpc) is 2.97. The molecule has 138 valence electrons. The first-order valence-corrected chi connectivity index (χ1v) is 8.34. The molecule has 3 rings (SSSR count). The minimum Gasteiger partial charge on any atom is -0.491 e. The molecule has 1 amide bonds. The molecule has 2 atom stereocenters. The zero-order chi connectivity index (χ0) is 18.1. The van der Waals surface area contributed by atoms with Gasteiger partial charge in [0.15, 0.2) is 17.4 Å². The highest BCUT2D eigenvalue weighted by molar-refractivity contribution is 5.95. The standard InChI is InChI=1S/C17H23F2N3O3/c1-20-5-7-21(8-6-20)13-9-22(10-14(13)23)17(24)11-3-4-12(18)16(25-2)15(11)19/h3-4,13-14,23H,5-10H2,1-2H3/t13-,14-/m0/s1. The van der Waals surface area contributed by atoms with E-state index in [0.717, 1.165) is 45.4 Å². The number of benzene rings is 1. The Morgan fingerprint density at radius 2 is 1.88 bits per heavy atom. The van der Waals surface area contributed by atoms with E-state index in [1.165, 1.54) is 4.90 Å². The molecule has 0 aliphatic carbocycles. The van der Waals surface area contributed by atoms with Crippen molar-refractivity contribution in [1.29, 1.82) is 0 Å². The summed E-state index contributed by atoms with van der Waals surface area (Å²) in [6.45, 7) is 3.90. The van der Waals surface area contributed by atoms with E-state index >= 15 is 0 Å². The van der Waals surface area contributed by atoms with Crippen molar-refractivity contribution in [1.82, 2.24) is 14.7 Å². The number of aliphatic hydroxyl groups is 1. The van der Waals surface area contributed by atoms with E-state index in [1.807, 2.05) is 7.05 Å². The monoisotopic (exact) mass is 355 g/mol. The molecule has 0 aromatic heterocycles. The van der Waals surface area contributed by atoms with E-state index < -0.39 is 29.4 Å². The molecule has 0 unspecified atom stereocenters. The van der Waals surface area contributed by atoms with Crippen molar-refractivity contribution < 1.29 is 23.4 Å². The number of likely N-dealkylation sites (N-methyl/N-ethyl adjacent to an activating group) is 1. The Labute approximate surface area is 145 Å². The van der Waals surface area contributed by atoms with Gasteiger partial charge in [0.1, 0.15) is 0 Å². The average molecular weight is 355 g/mol. The van der Waals surface area contributed by atoms with Gasteiger partial charge in [-0.05, 0) is 19.2 Å². The Bertz CT molecular complexity index is 650. The van der Waals surface area contributed by atoms with Gasteiger partial charge in [0.2, 0.25) is 0 Å². The number of nitrogens with zero attached hydrogens (tertiary/aromatic N) is 3. The lowest BCUT2D eigenvalue weighted by Crippen LogP contribution is -2.52. The Hall–Kier alpha value is -1.77. The van der Waals surface area contributed by atoms with Crippen LogP contribution in [0.25, 0.3) is 0 Å². The second kappa shape index (κ2) is 7.23. The molecule has 1 aromatic carbocycles. The molecule has 1 aromatic rings. The number of methoxy groups -OCH3 is 1. The number of hydrogen-bond donors (Lipinski definition) is 1. The number of likely N-dealkylation sites (tertiary alicyclic amines) is 1. The highest BCUT2D eigenvalue weighted by Crippen LogP contribution is 2.27. The normalized spacial score (nSPS) is 25.4. The Morgan fingerprint density at radius 1 is 1.20 bits per heavy atom. The van der Waals surface area contributed by atoms with Crippen LogP contribution < -0.4 is 4.74 Å². The van der Waals surface area contributed by atoms with E-state index in [9.17, 15) is 18.7 Å². The molecule has 2 heterocycles. The van der Waals surface area contributed by atoms with Crippen LogP contribution >= 0.6 is 0 Å². The summed E-state index contributed by atoms with van der Waals surface area (Å²) in [5.41, 5.74) is -0.246. The van der Waals surface area contributed by atoms with Crippen LogP contribution in [-0.4, -0.2) is 91.3 Å². The van der Waals surface area contributed by atoms with Gasteiger partial charge in [-0.1, -0.05) is 0 Å². The van der Waals surface area contributed by atoms with Gasteiger partial charge in [-0.2, -0.15) is 0 Å². The van der Waals surface area contributed by atoms with Crippen molar-refractivity contribution in [2.24, 2.45) is 0 Å². The van der Waals surface area contributed by atoms with Gasteiger partial charge in [0.05, 0.1) is 24.8 Å². The summed E-state index contributed by atoms with van der Waals surface area (Å²) in [7, 11) is 3.20. The summed E-state index contributed by atoms with van der Waals surface area (Å²) in [5, 5.41) is 10.4. The zero-order valence-electron chi connectivity index (χ0n) is 14.4. The minimum atomic E-state index is -1.01. The Kier molecular flexibility index (Phi) is 5.21. The van der Waals surface area contributed by atoms with Gasteiger partial charge in [0.25, 0.3) is 5.91 Å². The predicted octanol–water partition coefficient (Wildman–Crippen LogP) is 0.406. The van der Waals surface area contributed by atoms with Crippen molar-refractivity contribution in [3.05, 3.63) is 29.3 Å². The molecular weight excluding hydrogens is 332 g/mol. The number of aliphatic hydroxyl groups excluding tert-OH is 1. The van der Waals surface area contributed by atoms with Gasteiger partial charge >= 0.3 is 0 Å². The highest BCUT2D eigenvalue weighted by Gasteiger charge is 2.39. The third-order valence-corrected chi connectivity index (χ3v) is 5.04. The lowest BCUT2D eigenvalue weighted by atomic mass is 10.1. The largest absolute Gasteiger partial charge is 0.491 e. The first-order chi connectivity index (χ1) is 11.9. The van der Waals surface area contributed by atoms with Crippen LogP contribution in [0.4, 0.5) is 8.78 Å². The van der Waals surface area contributed by atoms with Crippen LogP contribution in [0.15, 0.2) is 12.1 Å². The summed E-state index contributed by atoms with van der Waals surface area (Å²) < 4.78 is 32.6. The lowest BCUT2D eigenvalue weighted by molar-refractivity contribution is 0.0512. The molecule has 8 heteroatoms. The van der Waals surface area contributed by atoms with E-state index in [1.54, 1.807) is 0 Å². The van der Waals surface area contributed by atoms with E-state index in [0.29, 0.717) is 6.54 Å². The fraction of sp³-hybridized carbons (Fsp3) is 0.588. The molecule has 0 radical (unpaired) electrons. The summed E-state index contributed by atoms with van der Waals surface area (Å²) in [6, 6.07) is 1.97. The Balaban J connectivity index is 1.74. The number of β-amino-alcohol motifs (C(OH)–C–C–N with tert-alkyl or cyclic N) is 1. The maximum atomic E-state index is 14.3.